The zero-order valence-corrected chi connectivity index (χ0v) is 10.5. The van der Waals surface area contributed by atoms with Gasteiger partial charge in [0.05, 0.1) is 11.5 Å². The van der Waals surface area contributed by atoms with Crippen molar-refractivity contribution in [3.8, 4) is 0 Å². The standard InChI is InChI=1S/C14H12N4O2/c19-14(20)10-5-7-11(8-6-10)15-9-18-13-4-2-1-3-12(13)16-17-18/h1-8,15H,9H2,(H,19,20)/p-1. The van der Waals surface area contributed by atoms with Gasteiger partial charge in [0.1, 0.15) is 12.2 Å². The molecule has 6 nitrogen and oxygen atoms in total. The number of hydrogen-bond donors (Lipinski definition) is 1. The number of carbonyl (C=O) groups excluding carboxylic acids is 1. The molecular weight excluding hydrogens is 256 g/mol. The first kappa shape index (κ1) is 12.2. The van der Waals surface area contributed by atoms with Crippen LogP contribution < -0.4 is 10.4 Å². The summed E-state index contributed by atoms with van der Waals surface area (Å²) in [6, 6.07) is 14.0. The molecule has 0 radical (unpaired) electrons. The van der Waals surface area contributed by atoms with E-state index in [-0.39, 0.29) is 5.56 Å². The van der Waals surface area contributed by atoms with Crippen molar-refractivity contribution in [2.75, 3.05) is 5.32 Å². The molecule has 0 saturated carbocycles. The zero-order chi connectivity index (χ0) is 13.9. The average molecular weight is 267 g/mol. The first-order chi connectivity index (χ1) is 9.74. The van der Waals surface area contributed by atoms with Crippen LogP contribution in [-0.2, 0) is 6.67 Å². The third-order valence-corrected chi connectivity index (χ3v) is 2.97. The summed E-state index contributed by atoms with van der Waals surface area (Å²) in [5.74, 6) is -1.18. The molecule has 0 aliphatic rings. The minimum atomic E-state index is -1.18. The molecule has 0 aliphatic carbocycles. The number of fused-ring (bicyclic) bond motifs is 1. The Kier molecular flexibility index (Phi) is 3.04. The van der Waals surface area contributed by atoms with Crippen LogP contribution in [0, 0.1) is 0 Å². The fourth-order valence-corrected chi connectivity index (χ4v) is 1.92. The average Bonchev–Trinajstić information content (AvgIpc) is 2.89. The molecule has 0 fully saturated rings. The van der Waals surface area contributed by atoms with E-state index in [1.165, 1.54) is 12.1 Å². The molecule has 0 spiro atoms. The maximum Gasteiger partial charge on any atom is 0.113 e. The largest absolute Gasteiger partial charge is 0.545 e. The van der Waals surface area contributed by atoms with Gasteiger partial charge in [-0.05, 0) is 29.8 Å². The molecule has 0 unspecified atom stereocenters. The van der Waals surface area contributed by atoms with Gasteiger partial charge in [0.2, 0.25) is 0 Å². The van der Waals surface area contributed by atoms with Crippen molar-refractivity contribution >= 4 is 22.7 Å². The van der Waals surface area contributed by atoms with E-state index in [9.17, 15) is 9.90 Å². The lowest BCUT2D eigenvalue weighted by atomic mass is 10.2. The highest BCUT2D eigenvalue weighted by Crippen LogP contribution is 2.12. The summed E-state index contributed by atoms with van der Waals surface area (Å²) in [6.45, 7) is 0.450. The number of carboxylic acids is 1. The van der Waals surface area contributed by atoms with Gasteiger partial charge in [-0.1, -0.05) is 29.5 Å². The number of para-hydroxylation sites is 1. The molecule has 6 heteroatoms. The maximum atomic E-state index is 10.6. The summed E-state index contributed by atoms with van der Waals surface area (Å²) >= 11 is 0. The first-order valence-electron chi connectivity index (χ1n) is 6.07. The Hall–Kier alpha value is -2.89. The van der Waals surface area contributed by atoms with Crippen molar-refractivity contribution in [1.82, 2.24) is 15.0 Å². The second-order valence-corrected chi connectivity index (χ2v) is 4.28. The fraction of sp³-hybridized carbons (Fsp3) is 0.0714. The minimum absolute atomic E-state index is 0.154. The third-order valence-electron chi connectivity index (χ3n) is 2.97. The van der Waals surface area contributed by atoms with E-state index in [0.29, 0.717) is 6.67 Å². The number of benzene rings is 2. The maximum absolute atomic E-state index is 10.6. The summed E-state index contributed by atoms with van der Waals surface area (Å²) in [4.78, 5) is 10.6. The van der Waals surface area contributed by atoms with E-state index in [0.717, 1.165) is 16.7 Å². The summed E-state index contributed by atoms with van der Waals surface area (Å²) in [6.07, 6.45) is 0. The van der Waals surface area contributed by atoms with Crippen LogP contribution in [0.3, 0.4) is 0 Å². The van der Waals surface area contributed by atoms with E-state index in [2.05, 4.69) is 15.6 Å². The van der Waals surface area contributed by atoms with Gasteiger partial charge >= 0.3 is 0 Å². The molecule has 3 rings (SSSR count). The second kappa shape index (κ2) is 5.00. The molecule has 0 aliphatic heterocycles. The normalized spacial score (nSPS) is 10.6. The first-order valence-corrected chi connectivity index (χ1v) is 6.07. The van der Waals surface area contributed by atoms with Crippen molar-refractivity contribution in [1.29, 1.82) is 0 Å². The Labute approximate surface area is 114 Å². The quantitative estimate of drug-likeness (QED) is 0.758. The van der Waals surface area contributed by atoms with Crippen LogP contribution in [0.5, 0.6) is 0 Å². The molecule has 20 heavy (non-hydrogen) atoms. The van der Waals surface area contributed by atoms with Gasteiger partial charge < -0.3 is 15.2 Å². The third kappa shape index (κ3) is 2.31. The van der Waals surface area contributed by atoms with Crippen molar-refractivity contribution in [2.24, 2.45) is 0 Å². The number of nitrogens with zero attached hydrogens (tertiary/aromatic N) is 3. The van der Waals surface area contributed by atoms with Crippen LogP contribution in [-0.4, -0.2) is 21.0 Å². The highest BCUT2D eigenvalue weighted by molar-refractivity contribution is 5.86. The molecule has 0 amide bonds. The van der Waals surface area contributed by atoms with Crippen LogP contribution in [0.2, 0.25) is 0 Å². The smallest absolute Gasteiger partial charge is 0.113 e. The molecule has 2 aromatic carbocycles. The Balaban J connectivity index is 1.74. The van der Waals surface area contributed by atoms with Crippen molar-refractivity contribution in [3.63, 3.8) is 0 Å². The summed E-state index contributed by atoms with van der Waals surface area (Å²) < 4.78 is 1.74. The fourth-order valence-electron chi connectivity index (χ4n) is 1.92. The van der Waals surface area contributed by atoms with Gasteiger partial charge in [-0.25, -0.2) is 4.68 Å². The monoisotopic (exact) mass is 267 g/mol. The van der Waals surface area contributed by atoms with Gasteiger partial charge in [0.25, 0.3) is 0 Å². The minimum Gasteiger partial charge on any atom is -0.545 e. The number of aromatic nitrogens is 3. The summed E-state index contributed by atoms with van der Waals surface area (Å²) in [5.41, 5.74) is 2.73. The van der Waals surface area contributed by atoms with Crippen LogP contribution in [0.15, 0.2) is 48.5 Å². The Bertz CT molecular complexity index is 749. The number of hydrogen-bond acceptors (Lipinski definition) is 5. The zero-order valence-electron chi connectivity index (χ0n) is 10.5. The predicted octanol–water partition coefficient (Wildman–Crippen LogP) is 0.864. The van der Waals surface area contributed by atoms with Gasteiger partial charge in [-0.3, -0.25) is 0 Å². The topological polar surface area (TPSA) is 82.9 Å². The Morgan fingerprint density at radius 2 is 1.90 bits per heavy atom. The molecule has 0 saturated heterocycles. The molecule has 1 aromatic heterocycles. The van der Waals surface area contributed by atoms with Gasteiger partial charge in [-0.15, -0.1) is 5.10 Å². The van der Waals surface area contributed by atoms with Gasteiger partial charge in [-0.2, -0.15) is 0 Å². The van der Waals surface area contributed by atoms with Crippen LogP contribution in [0.25, 0.3) is 11.0 Å². The number of aromatic carboxylic acids is 1. The molecule has 100 valence electrons. The molecule has 0 bridgehead atoms. The van der Waals surface area contributed by atoms with Gasteiger partial charge in [0.15, 0.2) is 0 Å². The number of carboxylic acid groups (broad SMARTS) is 1. The highest BCUT2D eigenvalue weighted by Gasteiger charge is 2.02. The lowest BCUT2D eigenvalue weighted by molar-refractivity contribution is -0.255. The number of rotatable bonds is 4. The number of carbonyl (C=O) groups is 1. The van der Waals surface area contributed by atoms with E-state index < -0.39 is 5.97 Å². The van der Waals surface area contributed by atoms with E-state index in [1.807, 2.05) is 24.3 Å². The molecule has 1 heterocycles. The summed E-state index contributed by atoms with van der Waals surface area (Å²) in [5, 5.41) is 21.9. The Morgan fingerprint density at radius 3 is 2.65 bits per heavy atom. The van der Waals surface area contributed by atoms with E-state index >= 15 is 0 Å². The van der Waals surface area contributed by atoms with Crippen molar-refractivity contribution in [2.45, 2.75) is 6.67 Å². The van der Waals surface area contributed by atoms with Crippen molar-refractivity contribution in [3.05, 3.63) is 54.1 Å². The van der Waals surface area contributed by atoms with Crippen LogP contribution >= 0.6 is 0 Å². The second-order valence-electron chi connectivity index (χ2n) is 4.28. The number of anilines is 1. The van der Waals surface area contributed by atoms with Crippen molar-refractivity contribution < 1.29 is 9.90 Å². The Morgan fingerprint density at radius 1 is 1.15 bits per heavy atom. The summed E-state index contributed by atoms with van der Waals surface area (Å²) in [7, 11) is 0. The SMILES string of the molecule is O=C([O-])c1ccc(NCn2nnc3ccccc32)cc1. The lowest BCUT2D eigenvalue weighted by Crippen LogP contribution is -2.22. The van der Waals surface area contributed by atoms with E-state index in [4.69, 9.17) is 0 Å². The predicted molar refractivity (Wildman–Crippen MR) is 71.9 cm³/mol. The van der Waals surface area contributed by atoms with Gasteiger partial charge in [0, 0.05) is 5.69 Å². The molecule has 0 atom stereocenters. The molecule has 1 N–H and O–H groups in total. The van der Waals surface area contributed by atoms with Crippen LogP contribution in [0.1, 0.15) is 10.4 Å². The lowest BCUT2D eigenvalue weighted by Gasteiger charge is -2.08. The van der Waals surface area contributed by atoms with Crippen LogP contribution in [0.4, 0.5) is 5.69 Å². The molecule has 3 aromatic rings. The van der Waals surface area contributed by atoms with E-state index in [1.54, 1.807) is 16.8 Å². The molecular formula is C14H11N4O2-. The highest BCUT2D eigenvalue weighted by atomic mass is 16.4. The number of nitrogens with one attached hydrogen (secondary N) is 1.